The van der Waals surface area contributed by atoms with Crippen LogP contribution in [0.15, 0.2) is 38.2 Å². The molecule has 0 spiro atoms. The fourth-order valence-electron chi connectivity index (χ4n) is 1.01. The van der Waals surface area contributed by atoms with Gasteiger partial charge in [-0.05, 0) is 24.5 Å². The second-order valence-electron chi connectivity index (χ2n) is 3.07. The molecule has 0 aliphatic heterocycles. The number of rotatable bonds is 1. The summed E-state index contributed by atoms with van der Waals surface area (Å²) in [6.45, 7) is 0. The molecular formula is C9H11ClN4OS2. The SMILES string of the molecule is CSC(N)=NC(=S)N=NC1C=CC(O)=C(Cl)C1. The van der Waals surface area contributed by atoms with E-state index in [2.05, 4.69) is 15.2 Å². The molecule has 17 heavy (non-hydrogen) atoms. The number of aliphatic hydroxyl groups excluding tert-OH is 1. The maximum absolute atomic E-state index is 9.25. The van der Waals surface area contributed by atoms with E-state index in [1.165, 1.54) is 17.8 Å². The molecule has 8 heteroatoms. The number of hydrogen-bond acceptors (Lipinski definition) is 4. The smallest absolute Gasteiger partial charge is 0.241 e. The fourth-order valence-corrected chi connectivity index (χ4v) is 1.62. The number of hydrogen-bond donors (Lipinski definition) is 2. The third kappa shape index (κ3) is 4.84. The lowest BCUT2D eigenvalue weighted by atomic mass is 10.1. The van der Waals surface area contributed by atoms with E-state index in [1.807, 2.05) is 0 Å². The molecule has 1 aliphatic carbocycles. The van der Waals surface area contributed by atoms with Gasteiger partial charge < -0.3 is 10.8 Å². The minimum absolute atomic E-state index is 0.0605. The topological polar surface area (TPSA) is 83.3 Å². The first-order chi connectivity index (χ1) is 8.02. The van der Waals surface area contributed by atoms with E-state index in [0.717, 1.165) is 0 Å². The molecule has 1 atom stereocenters. The van der Waals surface area contributed by atoms with Crippen molar-refractivity contribution in [1.29, 1.82) is 0 Å². The summed E-state index contributed by atoms with van der Waals surface area (Å²) in [6, 6.07) is -0.234. The molecule has 92 valence electrons. The Bertz CT molecular complexity index is 431. The van der Waals surface area contributed by atoms with Gasteiger partial charge in [-0.3, -0.25) is 0 Å². The van der Waals surface area contributed by atoms with Crippen LogP contribution < -0.4 is 5.73 Å². The summed E-state index contributed by atoms with van der Waals surface area (Å²) < 4.78 is 0. The molecule has 3 N–H and O–H groups in total. The van der Waals surface area contributed by atoms with E-state index in [1.54, 1.807) is 12.3 Å². The molecule has 0 saturated heterocycles. The molecule has 1 unspecified atom stereocenters. The van der Waals surface area contributed by atoms with Crippen molar-refractivity contribution in [1.82, 2.24) is 0 Å². The van der Waals surface area contributed by atoms with E-state index >= 15 is 0 Å². The Morgan fingerprint density at radius 3 is 3.00 bits per heavy atom. The molecule has 5 nitrogen and oxygen atoms in total. The summed E-state index contributed by atoms with van der Waals surface area (Å²) in [6.07, 6.45) is 5.36. The summed E-state index contributed by atoms with van der Waals surface area (Å²) >= 11 is 11.9. The van der Waals surface area contributed by atoms with Crippen LogP contribution in [0.5, 0.6) is 0 Å². The monoisotopic (exact) mass is 290 g/mol. The van der Waals surface area contributed by atoms with E-state index in [-0.39, 0.29) is 16.9 Å². The number of azo groups is 1. The van der Waals surface area contributed by atoms with Gasteiger partial charge in [0.15, 0.2) is 5.17 Å². The second-order valence-corrected chi connectivity index (χ2v) is 4.72. The van der Waals surface area contributed by atoms with E-state index < -0.39 is 0 Å². The third-order valence-electron chi connectivity index (χ3n) is 1.85. The molecule has 0 aromatic rings. The quantitative estimate of drug-likeness (QED) is 0.337. The van der Waals surface area contributed by atoms with Crippen LogP contribution in [-0.4, -0.2) is 27.7 Å². The number of thioether (sulfide) groups is 1. The molecule has 0 amide bonds. The number of halogens is 1. The van der Waals surface area contributed by atoms with Gasteiger partial charge in [-0.1, -0.05) is 29.4 Å². The van der Waals surface area contributed by atoms with Crippen molar-refractivity contribution in [2.75, 3.05) is 6.26 Å². The number of thiocarbonyl (C=S) groups is 1. The molecule has 0 fully saturated rings. The van der Waals surface area contributed by atoms with Crippen molar-refractivity contribution in [3.8, 4) is 0 Å². The molecular weight excluding hydrogens is 280 g/mol. The minimum atomic E-state index is -0.234. The van der Waals surface area contributed by atoms with Gasteiger partial charge in [0, 0.05) is 6.42 Å². The molecule has 1 aliphatic rings. The Morgan fingerprint density at radius 2 is 2.41 bits per heavy atom. The van der Waals surface area contributed by atoms with Crippen LogP contribution in [0.1, 0.15) is 6.42 Å². The number of aliphatic hydroxyl groups is 1. The van der Waals surface area contributed by atoms with Gasteiger partial charge in [-0.2, -0.15) is 10.1 Å². The van der Waals surface area contributed by atoms with Crippen molar-refractivity contribution < 1.29 is 5.11 Å². The largest absolute Gasteiger partial charge is 0.507 e. The highest BCUT2D eigenvalue weighted by atomic mass is 35.5. The first-order valence-corrected chi connectivity index (χ1v) is 6.62. The second kappa shape index (κ2) is 6.73. The van der Waals surface area contributed by atoms with Gasteiger partial charge in [-0.25, -0.2) is 0 Å². The van der Waals surface area contributed by atoms with Crippen LogP contribution in [-0.2, 0) is 0 Å². The van der Waals surface area contributed by atoms with Crippen molar-refractivity contribution in [3.05, 3.63) is 22.9 Å². The van der Waals surface area contributed by atoms with Crippen LogP contribution in [0.4, 0.5) is 0 Å². The number of allylic oxidation sites excluding steroid dienone is 1. The number of nitrogens with zero attached hydrogens (tertiary/aromatic N) is 3. The summed E-state index contributed by atoms with van der Waals surface area (Å²) in [7, 11) is 0. The van der Waals surface area contributed by atoms with Gasteiger partial charge in [0.2, 0.25) is 5.11 Å². The lowest BCUT2D eigenvalue weighted by Gasteiger charge is -2.10. The number of nitrogens with two attached hydrogens (primary N) is 1. The van der Waals surface area contributed by atoms with Crippen molar-refractivity contribution in [2.45, 2.75) is 12.5 Å². The molecule has 0 saturated carbocycles. The average molecular weight is 291 g/mol. The Hall–Kier alpha value is -0.920. The highest BCUT2D eigenvalue weighted by Crippen LogP contribution is 2.22. The zero-order chi connectivity index (χ0) is 12.8. The maximum atomic E-state index is 9.25. The zero-order valence-corrected chi connectivity index (χ0v) is 11.4. The Labute approximate surface area is 114 Å². The van der Waals surface area contributed by atoms with Gasteiger partial charge in [-0.15, -0.1) is 5.11 Å². The Kier molecular flexibility index (Phi) is 5.60. The van der Waals surface area contributed by atoms with Gasteiger partial charge in [0.05, 0.1) is 11.1 Å². The number of amidine groups is 1. The third-order valence-corrected chi connectivity index (χ3v) is 2.88. The molecule has 1 rings (SSSR count). The predicted octanol–water partition coefficient (Wildman–Crippen LogP) is 2.74. The van der Waals surface area contributed by atoms with Crippen LogP contribution in [0.3, 0.4) is 0 Å². The van der Waals surface area contributed by atoms with Crippen LogP contribution in [0.25, 0.3) is 0 Å². The average Bonchev–Trinajstić information content (AvgIpc) is 2.30. The van der Waals surface area contributed by atoms with Crippen LogP contribution in [0, 0.1) is 0 Å². The van der Waals surface area contributed by atoms with Crippen molar-refractivity contribution in [3.63, 3.8) is 0 Å². The van der Waals surface area contributed by atoms with E-state index in [0.29, 0.717) is 16.6 Å². The lowest BCUT2D eigenvalue weighted by molar-refractivity contribution is 0.422. The zero-order valence-electron chi connectivity index (χ0n) is 9.00. The molecule has 0 aromatic carbocycles. The molecule has 0 aromatic heterocycles. The minimum Gasteiger partial charge on any atom is -0.507 e. The molecule has 0 radical (unpaired) electrons. The highest BCUT2D eigenvalue weighted by Gasteiger charge is 2.13. The number of aliphatic imine (C=N–C) groups is 1. The Balaban J connectivity index is 2.57. The predicted molar refractivity (Wildman–Crippen MR) is 75.6 cm³/mol. The molecule has 0 bridgehead atoms. The van der Waals surface area contributed by atoms with Crippen molar-refractivity contribution in [2.24, 2.45) is 21.0 Å². The summed E-state index contributed by atoms with van der Waals surface area (Å²) in [5.41, 5.74) is 5.47. The van der Waals surface area contributed by atoms with Crippen LogP contribution >= 0.6 is 35.6 Å². The summed E-state index contributed by atoms with van der Waals surface area (Å²) in [5, 5.41) is 17.7. The lowest BCUT2D eigenvalue weighted by Crippen LogP contribution is -2.08. The summed E-state index contributed by atoms with van der Waals surface area (Å²) in [5.74, 6) is 0.0605. The standard InChI is InChI=1S/C9H11ClN4OS2/c1-17-8(11)12-9(16)14-13-5-2-3-7(15)6(10)4-5/h2-3,5,15H,4H2,1H3,(H2,11,12,16). The van der Waals surface area contributed by atoms with E-state index in [4.69, 9.17) is 29.6 Å². The van der Waals surface area contributed by atoms with Gasteiger partial charge >= 0.3 is 0 Å². The molecule has 0 heterocycles. The Morgan fingerprint density at radius 1 is 1.71 bits per heavy atom. The van der Waals surface area contributed by atoms with Crippen LogP contribution in [0.2, 0.25) is 0 Å². The first-order valence-electron chi connectivity index (χ1n) is 4.61. The van der Waals surface area contributed by atoms with Gasteiger partial charge in [0.25, 0.3) is 0 Å². The maximum Gasteiger partial charge on any atom is 0.241 e. The first kappa shape index (κ1) is 14.1. The van der Waals surface area contributed by atoms with Gasteiger partial charge in [0.1, 0.15) is 5.76 Å². The van der Waals surface area contributed by atoms with Crippen molar-refractivity contribution >= 4 is 45.9 Å². The summed E-state index contributed by atoms with van der Waals surface area (Å²) in [4.78, 5) is 3.82. The highest BCUT2D eigenvalue weighted by molar-refractivity contribution is 8.13. The normalized spacial score (nSPS) is 21.3. The fraction of sp³-hybridized carbons (Fsp3) is 0.333. The van der Waals surface area contributed by atoms with E-state index in [9.17, 15) is 5.11 Å².